The van der Waals surface area contributed by atoms with Gasteiger partial charge in [-0.2, -0.15) is 5.26 Å². The highest BCUT2D eigenvalue weighted by atomic mass is 16.3. The van der Waals surface area contributed by atoms with E-state index in [0.717, 1.165) is 18.7 Å². The molecule has 1 aromatic carbocycles. The fourth-order valence-electron chi connectivity index (χ4n) is 3.14. The molecular formula is C19H20N4O2. The molecule has 0 radical (unpaired) electrons. The number of aromatic nitrogens is 1. The van der Waals surface area contributed by atoms with Gasteiger partial charge >= 0.3 is 0 Å². The van der Waals surface area contributed by atoms with Gasteiger partial charge in [-0.25, -0.2) is 0 Å². The summed E-state index contributed by atoms with van der Waals surface area (Å²) in [4.78, 5) is 18.4. The van der Waals surface area contributed by atoms with Crippen LogP contribution in [0.4, 0.5) is 0 Å². The van der Waals surface area contributed by atoms with Crippen LogP contribution in [0, 0.1) is 17.2 Å². The lowest BCUT2D eigenvalue weighted by Gasteiger charge is -2.18. The fraction of sp³-hybridized carbons (Fsp3) is 0.316. The largest absolute Gasteiger partial charge is 0.396 e. The molecule has 2 aromatic rings. The lowest BCUT2D eigenvalue weighted by molar-refractivity contribution is 0.0921. The Morgan fingerprint density at radius 1 is 1.24 bits per heavy atom. The van der Waals surface area contributed by atoms with E-state index in [9.17, 15) is 9.90 Å². The van der Waals surface area contributed by atoms with E-state index < -0.39 is 0 Å². The number of hydrogen-bond donors (Lipinski definition) is 2. The molecule has 1 aliphatic heterocycles. The van der Waals surface area contributed by atoms with Crippen molar-refractivity contribution in [2.75, 3.05) is 19.7 Å². The molecule has 0 unspecified atom stereocenters. The minimum Gasteiger partial charge on any atom is -0.396 e. The molecule has 6 heteroatoms. The third-order valence-corrected chi connectivity index (χ3v) is 4.50. The molecule has 25 heavy (non-hydrogen) atoms. The number of benzene rings is 1. The van der Waals surface area contributed by atoms with E-state index >= 15 is 0 Å². The van der Waals surface area contributed by atoms with Gasteiger partial charge in [0.1, 0.15) is 0 Å². The van der Waals surface area contributed by atoms with E-state index in [4.69, 9.17) is 5.26 Å². The highest BCUT2D eigenvalue weighted by Crippen LogP contribution is 2.20. The Hall–Kier alpha value is -2.75. The van der Waals surface area contributed by atoms with Crippen molar-refractivity contribution in [1.82, 2.24) is 15.2 Å². The van der Waals surface area contributed by atoms with Gasteiger partial charge < -0.3 is 10.4 Å². The molecule has 6 nitrogen and oxygen atoms in total. The Balaban J connectivity index is 1.62. The van der Waals surface area contributed by atoms with Crippen molar-refractivity contribution in [2.45, 2.75) is 12.6 Å². The Labute approximate surface area is 146 Å². The Morgan fingerprint density at radius 2 is 1.96 bits per heavy atom. The van der Waals surface area contributed by atoms with Gasteiger partial charge in [-0.15, -0.1) is 0 Å². The molecule has 2 N–H and O–H groups in total. The summed E-state index contributed by atoms with van der Waals surface area (Å²) in [5.41, 5.74) is 2.31. The topological polar surface area (TPSA) is 89.3 Å². The Bertz CT molecular complexity index is 755. The SMILES string of the molecule is N#Cc1ccc(CN2C[C@@H](CO)[C@H](NC(=O)c3ccncc3)C2)cc1. The first-order valence-electron chi connectivity index (χ1n) is 8.22. The second-order valence-electron chi connectivity index (χ2n) is 6.26. The quantitative estimate of drug-likeness (QED) is 0.856. The number of aliphatic hydroxyl groups excluding tert-OH is 1. The highest BCUT2D eigenvalue weighted by Gasteiger charge is 2.33. The summed E-state index contributed by atoms with van der Waals surface area (Å²) in [5.74, 6) is -0.143. The molecule has 1 fully saturated rings. The summed E-state index contributed by atoms with van der Waals surface area (Å²) >= 11 is 0. The van der Waals surface area contributed by atoms with Crippen LogP contribution in [0.2, 0.25) is 0 Å². The van der Waals surface area contributed by atoms with Crippen LogP contribution < -0.4 is 5.32 Å². The molecule has 2 heterocycles. The number of nitriles is 1. The van der Waals surface area contributed by atoms with Crippen molar-refractivity contribution in [1.29, 1.82) is 5.26 Å². The molecule has 3 rings (SSSR count). The van der Waals surface area contributed by atoms with Gasteiger partial charge in [-0.1, -0.05) is 12.1 Å². The zero-order valence-corrected chi connectivity index (χ0v) is 13.8. The smallest absolute Gasteiger partial charge is 0.251 e. The predicted molar refractivity (Wildman–Crippen MR) is 92.5 cm³/mol. The van der Waals surface area contributed by atoms with Crippen molar-refractivity contribution in [2.24, 2.45) is 5.92 Å². The van der Waals surface area contributed by atoms with E-state index in [1.807, 2.05) is 12.1 Å². The van der Waals surface area contributed by atoms with Gasteiger partial charge in [0.15, 0.2) is 0 Å². The average molecular weight is 336 g/mol. The van der Waals surface area contributed by atoms with Gasteiger partial charge in [0.25, 0.3) is 5.91 Å². The summed E-state index contributed by atoms with van der Waals surface area (Å²) < 4.78 is 0. The standard InChI is InChI=1S/C19H20N4O2/c20-9-14-1-3-15(4-2-14)10-23-11-17(13-24)18(12-23)22-19(25)16-5-7-21-8-6-16/h1-8,17-18,24H,10-13H2,(H,22,25)/t17-,18+/m0/s1. The molecule has 1 aromatic heterocycles. The van der Waals surface area contributed by atoms with Crippen LogP contribution in [0.15, 0.2) is 48.8 Å². The molecule has 1 aliphatic rings. The first-order valence-corrected chi connectivity index (χ1v) is 8.22. The van der Waals surface area contributed by atoms with E-state index in [-0.39, 0.29) is 24.5 Å². The number of hydrogen-bond acceptors (Lipinski definition) is 5. The molecule has 128 valence electrons. The zero-order valence-electron chi connectivity index (χ0n) is 13.8. The number of pyridine rings is 1. The number of carbonyl (C=O) groups excluding carboxylic acids is 1. The van der Waals surface area contributed by atoms with Crippen LogP contribution >= 0.6 is 0 Å². The molecular weight excluding hydrogens is 316 g/mol. The van der Waals surface area contributed by atoms with Crippen molar-refractivity contribution in [3.05, 3.63) is 65.5 Å². The van der Waals surface area contributed by atoms with Crippen LogP contribution in [-0.4, -0.2) is 46.6 Å². The van der Waals surface area contributed by atoms with Crippen LogP contribution in [0.3, 0.4) is 0 Å². The molecule has 0 saturated carbocycles. The maximum Gasteiger partial charge on any atom is 0.251 e. The minimum absolute atomic E-state index is 0.00386. The van der Waals surface area contributed by atoms with Gasteiger partial charge in [-0.3, -0.25) is 14.7 Å². The Kier molecular flexibility index (Phi) is 5.39. The van der Waals surface area contributed by atoms with Gasteiger partial charge in [0, 0.05) is 56.2 Å². The van der Waals surface area contributed by atoms with Crippen LogP contribution in [0.1, 0.15) is 21.5 Å². The number of carbonyl (C=O) groups is 1. The number of nitrogens with zero attached hydrogens (tertiary/aromatic N) is 3. The molecule has 0 spiro atoms. The summed E-state index contributed by atoms with van der Waals surface area (Å²) in [5, 5.41) is 21.5. The van der Waals surface area contributed by atoms with Gasteiger partial charge in [0.05, 0.1) is 11.6 Å². The Morgan fingerprint density at radius 3 is 2.60 bits per heavy atom. The zero-order chi connectivity index (χ0) is 17.6. The van der Waals surface area contributed by atoms with Crippen molar-refractivity contribution < 1.29 is 9.90 Å². The highest BCUT2D eigenvalue weighted by molar-refractivity contribution is 5.94. The summed E-state index contributed by atoms with van der Waals surface area (Å²) in [6.07, 6.45) is 3.18. The van der Waals surface area contributed by atoms with Crippen molar-refractivity contribution in [3.8, 4) is 6.07 Å². The first-order chi connectivity index (χ1) is 12.2. The monoisotopic (exact) mass is 336 g/mol. The maximum absolute atomic E-state index is 12.3. The van der Waals surface area contributed by atoms with E-state index in [2.05, 4.69) is 21.3 Å². The number of aliphatic hydroxyl groups is 1. The number of rotatable bonds is 5. The molecule has 2 atom stereocenters. The second kappa shape index (κ2) is 7.88. The second-order valence-corrected chi connectivity index (χ2v) is 6.26. The number of nitrogens with one attached hydrogen (secondary N) is 1. The summed E-state index contributed by atoms with van der Waals surface area (Å²) in [7, 11) is 0. The normalized spacial score (nSPS) is 20.2. The molecule has 1 amide bonds. The van der Waals surface area contributed by atoms with E-state index in [1.165, 1.54) is 0 Å². The summed E-state index contributed by atoms with van der Waals surface area (Å²) in [6, 6.07) is 12.8. The van der Waals surface area contributed by atoms with Gasteiger partial charge in [-0.05, 0) is 29.8 Å². The number of amides is 1. The first kappa shape index (κ1) is 17.1. The van der Waals surface area contributed by atoms with E-state index in [0.29, 0.717) is 17.7 Å². The van der Waals surface area contributed by atoms with Crippen LogP contribution in [-0.2, 0) is 6.54 Å². The molecule has 0 aliphatic carbocycles. The van der Waals surface area contributed by atoms with Crippen LogP contribution in [0.5, 0.6) is 0 Å². The van der Waals surface area contributed by atoms with Crippen molar-refractivity contribution in [3.63, 3.8) is 0 Å². The maximum atomic E-state index is 12.3. The van der Waals surface area contributed by atoms with Crippen LogP contribution in [0.25, 0.3) is 0 Å². The molecule has 0 bridgehead atoms. The third kappa shape index (κ3) is 4.21. The van der Waals surface area contributed by atoms with Crippen molar-refractivity contribution >= 4 is 5.91 Å². The average Bonchev–Trinajstić information content (AvgIpc) is 3.04. The summed E-state index contributed by atoms with van der Waals surface area (Å²) in [6.45, 7) is 2.16. The lowest BCUT2D eigenvalue weighted by Crippen LogP contribution is -2.41. The van der Waals surface area contributed by atoms with Gasteiger partial charge in [0.2, 0.25) is 0 Å². The fourth-order valence-corrected chi connectivity index (χ4v) is 3.14. The van der Waals surface area contributed by atoms with E-state index in [1.54, 1.807) is 36.7 Å². The molecule has 1 saturated heterocycles. The lowest BCUT2D eigenvalue weighted by atomic mass is 10.0. The third-order valence-electron chi connectivity index (χ3n) is 4.50. The predicted octanol–water partition coefficient (Wildman–Crippen LogP) is 1.18. The number of likely N-dealkylation sites (tertiary alicyclic amines) is 1. The minimum atomic E-state index is -0.147.